The molecule has 0 bridgehead atoms. The highest BCUT2D eigenvalue weighted by molar-refractivity contribution is 7.12. The summed E-state index contributed by atoms with van der Waals surface area (Å²) in [7, 11) is 1.61. The Morgan fingerprint density at radius 2 is 2.26 bits per heavy atom. The van der Waals surface area contributed by atoms with Crippen molar-refractivity contribution in [3.8, 4) is 5.75 Å². The molecule has 6 heteroatoms. The number of rotatable bonds is 4. The number of ether oxygens (including phenoxy) is 1. The van der Waals surface area contributed by atoms with Gasteiger partial charge in [0.25, 0.3) is 5.91 Å². The second-order valence-corrected chi connectivity index (χ2v) is 6.99. The molecule has 0 radical (unpaired) electrons. The molecule has 0 saturated carbocycles. The molecule has 0 unspecified atom stereocenters. The average Bonchev–Trinajstić information content (AvgIpc) is 3.13. The molecule has 1 aliphatic rings. The molecule has 124 valence electrons. The predicted molar refractivity (Wildman–Crippen MR) is 91.2 cm³/mol. The summed E-state index contributed by atoms with van der Waals surface area (Å²) < 4.78 is 7.34. The third kappa shape index (κ3) is 3.27. The first-order valence-electron chi connectivity index (χ1n) is 8.03. The van der Waals surface area contributed by atoms with Crippen molar-refractivity contribution in [1.29, 1.82) is 0 Å². The molecule has 1 atom stereocenters. The van der Waals surface area contributed by atoms with E-state index in [-0.39, 0.29) is 11.9 Å². The van der Waals surface area contributed by atoms with Gasteiger partial charge in [0.2, 0.25) is 0 Å². The Balaban J connectivity index is 1.81. The third-order valence-electron chi connectivity index (χ3n) is 4.42. The number of hydrogen-bond donors (Lipinski definition) is 0. The molecule has 1 fully saturated rings. The van der Waals surface area contributed by atoms with Gasteiger partial charge >= 0.3 is 0 Å². The van der Waals surface area contributed by atoms with Crippen LogP contribution in [0.25, 0.3) is 0 Å². The summed E-state index contributed by atoms with van der Waals surface area (Å²) in [5.74, 6) is 0.763. The molecule has 1 saturated heterocycles. The second-order valence-electron chi connectivity index (χ2n) is 6.08. The first kappa shape index (κ1) is 16.1. The molecule has 1 amide bonds. The van der Waals surface area contributed by atoms with E-state index in [4.69, 9.17) is 4.74 Å². The van der Waals surface area contributed by atoms with Gasteiger partial charge in [0.15, 0.2) is 0 Å². The topological polar surface area (TPSA) is 47.4 Å². The predicted octanol–water partition coefficient (Wildman–Crippen LogP) is 3.26. The summed E-state index contributed by atoms with van der Waals surface area (Å²) in [6, 6.07) is 4.14. The van der Waals surface area contributed by atoms with Gasteiger partial charge < -0.3 is 9.64 Å². The Bertz CT molecular complexity index is 692. The number of piperidine rings is 1. The van der Waals surface area contributed by atoms with Crippen LogP contribution in [-0.2, 0) is 6.54 Å². The summed E-state index contributed by atoms with van der Waals surface area (Å²) >= 11 is 1.45. The summed E-state index contributed by atoms with van der Waals surface area (Å²) in [6.45, 7) is 5.64. The number of aromatic nitrogens is 2. The summed E-state index contributed by atoms with van der Waals surface area (Å²) in [4.78, 5) is 15.7. The van der Waals surface area contributed by atoms with E-state index >= 15 is 0 Å². The first-order chi connectivity index (χ1) is 11.1. The zero-order chi connectivity index (χ0) is 16.4. The van der Waals surface area contributed by atoms with E-state index in [1.807, 2.05) is 28.0 Å². The Labute approximate surface area is 140 Å². The van der Waals surface area contributed by atoms with Crippen molar-refractivity contribution in [3.05, 3.63) is 33.8 Å². The Morgan fingerprint density at radius 1 is 1.43 bits per heavy atom. The lowest BCUT2D eigenvalue weighted by molar-refractivity contribution is 0.0585. The Morgan fingerprint density at radius 3 is 2.96 bits per heavy atom. The third-order valence-corrected chi connectivity index (χ3v) is 5.30. The maximum absolute atomic E-state index is 13.0. The van der Waals surface area contributed by atoms with Gasteiger partial charge in [-0.1, -0.05) is 0 Å². The van der Waals surface area contributed by atoms with Gasteiger partial charge in [-0.15, -0.1) is 11.3 Å². The SMILES string of the molecule is COc1ccsc1C(=O)N1CCCC[C@@H]1Cn1nc(C)cc1C. The monoisotopic (exact) mass is 333 g/mol. The van der Waals surface area contributed by atoms with Crippen LogP contribution in [0.1, 0.15) is 40.3 Å². The van der Waals surface area contributed by atoms with Crippen LogP contribution >= 0.6 is 11.3 Å². The zero-order valence-corrected chi connectivity index (χ0v) is 14.7. The van der Waals surface area contributed by atoms with Crippen LogP contribution in [0.4, 0.5) is 0 Å². The van der Waals surface area contributed by atoms with Crippen LogP contribution in [0.5, 0.6) is 5.75 Å². The summed E-state index contributed by atoms with van der Waals surface area (Å²) in [6.07, 6.45) is 3.25. The molecule has 3 heterocycles. The highest BCUT2D eigenvalue weighted by Crippen LogP contribution is 2.29. The average molecular weight is 333 g/mol. The maximum Gasteiger partial charge on any atom is 0.268 e. The molecule has 0 aromatic carbocycles. The lowest BCUT2D eigenvalue weighted by atomic mass is 10.0. The number of methoxy groups -OCH3 is 1. The molecule has 2 aromatic rings. The van der Waals surface area contributed by atoms with Gasteiger partial charge in [-0.05, 0) is 50.6 Å². The smallest absolute Gasteiger partial charge is 0.268 e. The molecule has 0 spiro atoms. The highest BCUT2D eigenvalue weighted by Gasteiger charge is 2.30. The maximum atomic E-state index is 13.0. The van der Waals surface area contributed by atoms with Crippen molar-refractivity contribution < 1.29 is 9.53 Å². The van der Waals surface area contributed by atoms with Crippen molar-refractivity contribution in [3.63, 3.8) is 0 Å². The summed E-state index contributed by atoms with van der Waals surface area (Å²) in [5.41, 5.74) is 2.17. The number of carbonyl (C=O) groups is 1. The zero-order valence-electron chi connectivity index (χ0n) is 13.9. The fourth-order valence-electron chi connectivity index (χ4n) is 3.26. The van der Waals surface area contributed by atoms with E-state index < -0.39 is 0 Å². The van der Waals surface area contributed by atoms with Crippen LogP contribution in [0.2, 0.25) is 0 Å². The van der Waals surface area contributed by atoms with Gasteiger partial charge in [0.05, 0.1) is 25.4 Å². The molecule has 2 aromatic heterocycles. The van der Waals surface area contributed by atoms with Crippen molar-refractivity contribution in [2.24, 2.45) is 0 Å². The fourth-order valence-corrected chi connectivity index (χ4v) is 4.08. The molecular weight excluding hydrogens is 310 g/mol. The minimum atomic E-state index is 0.0862. The number of amides is 1. The van der Waals surface area contributed by atoms with Gasteiger partial charge in [-0.3, -0.25) is 9.48 Å². The van der Waals surface area contributed by atoms with E-state index in [0.29, 0.717) is 10.6 Å². The second kappa shape index (κ2) is 6.74. The number of nitrogens with zero attached hydrogens (tertiary/aromatic N) is 3. The molecule has 0 aliphatic carbocycles. The lowest BCUT2D eigenvalue weighted by Gasteiger charge is -2.35. The molecule has 0 N–H and O–H groups in total. The molecular formula is C17H23N3O2S. The first-order valence-corrected chi connectivity index (χ1v) is 8.91. The van der Waals surface area contributed by atoms with E-state index in [1.54, 1.807) is 7.11 Å². The standard InChI is InChI=1S/C17H23N3O2S/c1-12-10-13(2)20(18-12)11-14-6-4-5-8-19(14)17(21)16-15(22-3)7-9-23-16/h7,9-10,14H,4-6,8,11H2,1-3H3/t14-/m1/s1. The van der Waals surface area contributed by atoms with E-state index in [1.165, 1.54) is 11.3 Å². The molecule has 1 aliphatic heterocycles. The fraction of sp³-hybridized carbons (Fsp3) is 0.529. The van der Waals surface area contributed by atoms with E-state index in [2.05, 4.69) is 18.1 Å². The number of likely N-dealkylation sites (tertiary alicyclic amines) is 1. The van der Waals surface area contributed by atoms with Crippen LogP contribution in [0.15, 0.2) is 17.5 Å². The Hall–Kier alpha value is -1.82. The lowest BCUT2D eigenvalue weighted by Crippen LogP contribution is -2.46. The summed E-state index contributed by atoms with van der Waals surface area (Å²) in [5, 5.41) is 6.46. The number of hydrogen-bond acceptors (Lipinski definition) is 4. The Kier molecular flexibility index (Phi) is 4.71. The number of aryl methyl sites for hydroxylation is 2. The number of thiophene rings is 1. The highest BCUT2D eigenvalue weighted by atomic mass is 32.1. The van der Waals surface area contributed by atoms with Gasteiger partial charge in [0.1, 0.15) is 10.6 Å². The van der Waals surface area contributed by atoms with E-state index in [0.717, 1.165) is 43.7 Å². The van der Waals surface area contributed by atoms with E-state index in [9.17, 15) is 4.79 Å². The molecule has 3 rings (SSSR count). The minimum absolute atomic E-state index is 0.0862. The van der Waals surface area contributed by atoms with Gasteiger partial charge in [0, 0.05) is 12.2 Å². The van der Waals surface area contributed by atoms with Crippen LogP contribution in [0.3, 0.4) is 0 Å². The number of carbonyl (C=O) groups excluding carboxylic acids is 1. The largest absolute Gasteiger partial charge is 0.495 e. The molecule has 5 nitrogen and oxygen atoms in total. The van der Waals surface area contributed by atoms with Crippen LogP contribution in [0, 0.1) is 13.8 Å². The van der Waals surface area contributed by atoms with Crippen molar-refractivity contribution in [2.45, 2.75) is 45.7 Å². The minimum Gasteiger partial charge on any atom is -0.495 e. The van der Waals surface area contributed by atoms with Crippen molar-refractivity contribution in [2.75, 3.05) is 13.7 Å². The van der Waals surface area contributed by atoms with Crippen LogP contribution < -0.4 is 4.74 Å². The molecule has 23 heavy (non-hydrogen) atoms. The normalized spacial score (nSPS) is 18.2. The van der Waals surface area contributed by atoms with Gasteiger partial charge in [-0.2, -0.15) is 5.10 Å². The quantitative estimate of drug-likeness (QED) is 0.863. The van der Waals surface area contributed by atoms with Crippen LogP contribution in [-0.4, -0.2) is 40.3 Å². The van der Waals surface area contributed by atoms with Crippen molar-refractivity contribution >= 4 is 17.2 Å². The van der Waals surface area contributed by atoms with Crippen molar-refractivity contribution in [1.82, 2.24) is 14.7 Å². The van der Waals surface area contributed by atoms with Gasteiger partial charge in [-0.25, -0.2) is 0 Å².